The number of aromatic amines is 1. The molecule has 31 heavy (non-hydrogen) atoms. The zero-order valence-corrected chi connectivity index (χ0v) is 20.4. The summed E-state index contributed by atoms with van der Waals surface area (Å²) in [6.07, 6.45) is 10.4. The van der Waals surface area contributed by atoms with Crippen molar-refractivity contribution in [1.82, 2.24) is 9.97 Å². The smallest absolute Gasteiger partial charge is 0.174 e. The lowest BCUT2D eigenvalue weighted by atomic mass is 10.1. The van der Waals surface area contributed by atoms with Gasteiger partial charge in [0, 0.05) is 12.1 Å². The largest absolute Gasteiger partial charge is 0.484 e. The van der Waals surface area contributed by atoms with Gasteiger partial charge in [-0.3, -0.25) is 0 Å². The van der Waals surface area contributed by atoms with E-state index in [1.54, 1.807) is 6.08 Å². The minimum Gasteiger partial charge on any atom is -0.484 e. The summed E-state index contributed by atoms with van der Waals surface area (Å²) in [7, 11) is 2.64. The van der Waals surface area contributed by atoms with Crippen molar-refractivity contribution in [3.63, 3.8) is 0 Å². The molecule has 1 atom stereocenters. The zero-order chi connectivity index (χ0) is 23.2. The fourth-order valence-electron chi connectivity index (χ4n) is 2.90. The van der Waals surface area contributed by atoms with Crippen LogP contribution in [-0.4, -0.2) is 15.3 Å². The van der Waals surface area contributed by atoms with E-state index in [-0.39, 0.29) is 0 Å². The predicted molar refractivity (Wildman–Crippen MR) is 135 cm³/mol. The molecule has 2 heterocycles. The fourth-order valence-corrected chi connectivity index (χ4v) is 3.04. The van der Waals surface area contributed by atoms with Crippen molar-refractivity contribution in [3.05, 3.63) is 96.3 Å². The maximum atomic E-state index is 6.10. The van der Waals surface area contributed by atoms with E-state index >= 15 is 0 Å². The van der Waals surface area contributed by atoms with E-state index in [9.17, 15) is 0 Å². The normalized spacial score (nSPS) is 13.0. The topological polar surface area (TPSA) is 51.0 Å². The SMILES string of the molecule is C=C/C=C(\C(=C)OC(C)(C)P)c1ccc(-c2nc(CC(/C=C\C(=C)C)=C/C)c(C)[nH]2)o1. The Hall–Kier alpha value is -2.84. The first kappa shape index (κ1) is 24.4. The Bertz CT molecular complexity index is 1060. The molecule has 2 rings (SSSR count). The number of hydrogen-bond acceptors (Lipinski definition) is 3. The van der Waals surface area contributed by atoms with E-state index in [4.69, 9.17) is 14.1 Å². The number of imidazole rings is 1. The molecule has 164 valence electrons. The van der Waals surface area contributed by atoms with Gasteiger partial charge in [-0.05, 0) is 58.4 Å². The summed E-state index contributed by atoms with van der Waals surface area (Å²) in [5.74, 6) is 2.49. The molecular weight excluding hydrogens is 403 g/mol. The highest BCUT2D eigenvalue weighted by Gasteiger charge is 2.19. The average molecular weight is 437 g/mol. The third-order valence-corrected chi connectivity index (χ3v) is 4.50. The van der Waals surface area contributed by atoms with Gasteiger partial charge in [-0.25, -0.2) is 4.98 Å². The van der Waals surface area contributed by atoms with E-state index in [1.165, 1.54) is 5.57 Å². The summed E-state index contributed by atoms with van der Waals surface area (Å²) in [6.45, 7) is 21.7. The zero-order valence-electron chi connectivity index (χ0n) is 19.2. The Balaban J connectivity index is 2.29. The number of nitrogens with zero attached hydrogens (tertiary/aromatic N) is 1. The summed E-state index contributed by atoms with van der Waals surface area (Å²) >= 11 is 0. The molecule has 1 N–H and O–H groups in total. The van der Waals surface area contributed by atoms with Gasteiger partial charge >= 0.3 is 0 Å². The van der Waals surface area contributed by atoms with Crippen LogP contribution in [0.25, 0.3) is 17.2 Å². The van der Waals surface area contributed by atoms with Gasteiger partial charge in [0.1, 0.15) is 16.9 Å². The number of H-pyrrole nitrogens is 1. The molecule has 5 heteroatoms. The van der Waals surface area contributed by atoms with Gasteiger partial charge in [0.05, 0.1) is 11.3 Å². The van der Waals surface area contributed by atoms with Gasteiger partial charge < -0.3 is 14.1 Å². The number of ether oxygens (including phenoxy) is 1. The monoisotopic (exact) mass is 436 g/mol. The van der Waals surface area contributed by atoms with Crippen LogP contribution in [0.15, 0.2) is 83.6 Å². The fraction of sp³-hybridized carbons (Fsp3) is 0.269. The minimum absolute atomic E-state index is 0.442. The highest BCUT2D eigenvalue weighted by Crippen LogP contribution is 2.32. The molecular formula is C26H33N2O2P. The second-order valence-electron chi connectivity index (χ2n) is 7.99. The van der Waals surface area contributed by atoms with Crippen molar-refractivity contribution in [2.75, 3.05) is 0 Å². The van der Waals surface area contributed by atoms with Crippen LogP contribution in [0.3, 0.4) is 0 Å². The molecule has 0 saturated heterocycles. The lowest BCUT2D eigenvalue weighted by Crippen LogP contribution is -2.14. The van der Waals surface area contributed by atoms with Gasteiger partial charge in [-0.1, -0.05) is 58.9 Å². The van der Waals surface area contributed by atoms with Crippen molar-refractivity contribution in [3.8, 4) is 11.6 Å². The Kier molecular flexibility index (Phi) is 8.24. The maximum absolute atomic E-state index is 6.10. The Labute approximate surface area is 188 Å². The molecule has 0 saturated carbocycles. The predicted octanol–water partition coefficient (Wildman–Crippen LogP) is 7.31. The summed E-state index contributed by atoms with van der Waals surface area (Å²) in [4.78, 5) is 8.11. The van der Waals surface area contributed by atoms with E-state index in [2.05, 4.69) is 46.1 Å². The highest BCUT2D eigenvalue weighted by molar-refractivity contribution is 7.18. The van der Waals surface area contributed by atoms with E-state index in [0.717, 1.165) is 29.0 Å². The van der Waals surface area contributed by atoms with Gasteiger partial charge in [0.25, 0.3) is 0 Å². The molecule has 2 aromatic rings. The van der Waals surface area contributed by atoms with Crippen molar-refractivity contribution in [2.24, 2.45) is 0 Å². The first-order chi connectivity index (χ1) is 14.5. The van der Waals surface area contributed by atoms with E-state index in [0.29, 0.717) is 23.1 Å². The number of allylic oxidation sites excluding steroid dienone is 8. The lowest BCUT2D eigenvalue weighted by molar-refractivity contribution is 0.129. The second-order valence-corrected chi connectivity index (χ2v) is 9.38. The molecule has 0 amide bonds. The van der Waals surface area contributed by atoms with Crippen LogP contribution < -0.4 is 0 Å². The standard InChI is InChI=1S/C26H33N2O2P/c1-9-11-21(19(6)30-26(7,8)31)23-14-15-24(29-23)25-27-18(5)22(28-25)16-20(10-2)13-12-17(3)4/h9-15H,1,3,6,16,31H2,2,4-5,7-8H3,(H,27,28)/b13-12-,20-10+,21-11+. The molecule has 0 bridgehead atoms. The third kappa shape index (κ3) is 7.11. The summed E-state index contributed by atoms with van der Waals surface area (Å²) in [5, 5.41) is -0.442. The average Bonchev–Trinajstić information content (AvgIpc) is 3.28. The Morgan fingerprint density at radius 3 is 2.58 bits per heavy atom. The lowest BCUT2D eigenvalue weighted by Gasteiger charge is -2.23. The van der Waals surface area contributed by atoms with E-state index < -0.39 is 5.34 Å². The highest BCUT2D eigenvalue weighted by atomic mass is 31.0. The molecule has 0 aromatic carbocycles. The van der Waals surface area contributed by atoms with Gasteiger partial charge in [0.15, 0.2) is 11.6 Å². The first-order valence-electron chi connectivity index (χ1n) is 10.2. The number of rotatable bonds is 10. The van der Waals surface area contributed by atoms with Crippen molar-refractivity contribution in [2.45, 2.75) is 46.4 Å². The first-order valence-corrected chi connectivity index (χ1v) is 10.8. The van der Waals surface area contributed by atoms with Crippen molar-refractivity contribution in [1.29, 1.82) is 0 Å². The van der Waals surface area contributed by atoms with Crippen LogP contribution in [-0.2, 0) is 11.2 Å². The number of aromatic nitrogens is 2. The molecule has 0 aliphatic rings. The van der Waals surface area contributed by atoms with Gasteiger partial charge in [0.2, 0.25) is 0 Å². The van der Waals surface area contributed by atoms with E-state index in [1.807, 2.05) is 58.9 Å². The van der Waals surface area contributed by atoms with Crippen LogP contribution in [0.2, 0.25) is 0 Å². The quantitative estimate of drug-likeness (QED) is 0.241. The minimum atomic E-state index is -0.442. The molecule has 4 nitrogen and oxygen atoms in total. The number of hydrogen-bond donors (Lipinski definition) is 1. The Morgan fingerprint density at radius 1 is 1.29 bits per heavy atom. The molecule has 0 aliphatic heterocycles. The molecule has 0 aliphatic carbocycles. The van der Waals surface area contributed by atoms with Crippen LogP contribution in [0.5, 0.6) is 0 Å². The van der Waals surface area contributed by atoms with Crippen LogP contribution in [0, 0.1) is 6.92 Å². The van der Waals surface area contributed by atoms with Crippen LogP contribution in [0.4, 0.5) is 0 Å². The van der Waals surface area contributed by atoms with Crippen LogP contribution >= 0.6 is 9.24 Å². The number of aryl methyl sites for hydroxylation is 1. The summed E-state index contributed by atoms with van der Waals surface area (Å²) < 4.78 is 12.0. The maximum Gasteiger partial charge on any atom is 0.174 e. The Morgan fingerprint density at radius 2 is 2.00 bits per heavy atom. The summed E-state index contributed by atoms with van der Waals surface area (Å²) in [6, 6.07) is 3.78. The molecule has 2 aromatic heterocycles. The van der Waals surface area contributed by atoms with Gasteiger partial charge in [-0.2, -0.15) is 0 Å². The summed E-state index contributed by atoms with van der Waals surface area (Å²) in [5.41, 5.74) is 4.92. The van der Waals surface area contributed by atoms with Gasteiger partial charge in [-0.15, -0.1) is 0 Å². The molecule has 1 unspecified atom stereocenters. The number of furan rings is 1. The second kappa shape index (κ2) is 10.5. The van der Waals surface area contributed by atoms with Crippen molar-refractivity contribution < 1.29 is 9.15 Å². The molecule has 0 spiro atoms. The van der Waals surface area contributed by atoms with Crippen LogP contribution in [0.1, 0.15) is 44.8 Å². The van der Waals surface area contributed by atoms with Crippen molar-refractivity contribution >= 4 is 14.8 Å². The third-order valence-electron chi connectivity index (χ3n) is 4.39. The number of nitrogens with one attached hydrogen (secondary N) is 1. The molecule has 0 radical (unpaired) electrons. The molecule has 0 fully saturated rings.